The van der Waals surface area contributed by atoms with Gasteiger partial charge in [-0.3, -0.25) is 9.97 Å². The summed E-state index contributed by atoms with van der Waals surface area (Å²) in [5.41, 5.74) is -0.337. The van der Waals surface area contributed by atoms with Gasteiger partial charge in [-0.1, -0.05) is 12.1 Å². The van der Waals surface area contributed by atoms with Crippen LogP contribution in [0.25, 0.3) is 11.4 Å². The molecule has 2 aromatic heterocycles. The summed E-state index contributed by atoms with van der Waals surface area (Å²) >= 11 is 0. The van der Waals surface area contributed by atoms with Gasteiger partial charge in [-0.05, 0) is 26.0 Å². The molecule has 2 unspecified atom stereocenters. The number of rotatable bonds is 0. The molecule has 0 aromatic carbocycles. The second-order valence-electron chi connectivity index (χ2n) is 4.94. The van der Waals surface area contributed by atoms with Crippen molar-refractivity contribution < 1.29 is 10.2 Å². The van der Waals surface area contributed by atoms with Crippen molar-refractivity contribution in [2.24, 2.45) is 0 Å². The Labute approximate surface area is 105 Å². The van der Waals surface area contributed by atoms with E-state index >= 15 is 0 Å². The Morgan fingerprint density at radius 1 is 0.833 bits per heavy atom. The number of pyridine rings is 2. The minimum atomic E-state index is -1.40. The van der Waals surface area contributed by atoms with Gasteiger partial charge in [0.1, 0.15) is 11.2 Å². The van der Waals surface area contributed by atoms with Crippen LogP contribution in [0, 0.1) is 0 Å². The van der Waals surface area contributed by atoms with Crippen LogP contribution in [-0.2, 0) is 11.2 Å². The Balaban J connectivity index is 2.43. The van der Waals surface area contributed by atoms with Crippen LogP contribution in [0.1, 0.15) is 25.0 Å². The molecule has 2 N–H and O–H groups in total. The van der Waals surface area contributed by atoms with E-state index in [4.69, 9.17) is 0 Å². The largest absolute Gasteiger partial charge is 0.382 e. The van der Waals surface area contributed by atoms with E-state index in [1.807, 2.05) is 0 Å². The molecule has 3 rings (SSSR count). The van der Waals surface area contributed by atoms with Gasteiger partial charge in [0.05, 0.1) is 11.4 Å². The summed E-state index contributed by atoms with van der Waals surface area (Å²) in [6.45, 7) is 3.20. The third kappa shape index (κ3) is 1.22. The lowest BCUT2D eigenvalue weighted by molar-refractivity contribution is -0.144. The number of aromatic nitrogens is 2. The number of hydrogen-bond donors (Lipinski definition) is 2. The van der Waals surface area contributed by atoms with Crippen molar-refractivity contribution in [2.75, 3.05) is 0 Å². The van der Waals surface area contributed by atoms with E-state index in [2.05, 4.69) is 9.97 Å². The molecule has 1 aliphatic carbocycles. The number of fused-ring (bicyclic) bond motifs is 3. The molecule has 2 atom stereocenters. The van der Waals surface area contributed by atoms with Crippen LogP contribution in [0.2, 0.25) is 0 Å². The summed E-state index contributed by atoms with van der Waals surface area (Å²) in [5, 5.41) is 21.4. The van der Waals surface area contributed by atoms with Crippen LogP contribution in [-0.4, -0.2) is 20.2 Å². The molecule has 18 heavy (non-hydrogen) atoms. The zero-order valence-corrected chi connectivity index (χ0v) is 10.3. The summed E-state index contributed by atoms with van der Waals surface area (Å²) in [5.74, 6) is 0. The van der Waals surface area contributed by atoms with Gasteiger partial charge in [-0.2, -0.15) is 0 Å². The normalized spacial score (nSPS) is 29.6. The summed E-state index contributed by atoms with van der Waals surface area (Å²) < 4.78 is 0. The van der Waals surface area contributed by atoms with Crippen molar-refractivity contribution in [3.8, 4) is 11.4 Å². The van der Waals surface area contributed by atoms with Crippen LogP contribution in [0.5, 0.6) is 0 Å². The van der Waals surface area contributed by atoms with Crippen molar-refractivity contribution in [3.63, 3.8) is 0 Å². The summed E-state index contributed by atoms with van der Waals surface area (Å²) in [6.07, 6.45) is 3.32. The van der Waals surface area contributed by atoms with Crippen LogP contribution >= 0.6 is 0 Å². The fourth-order valence-corrected chi connectivity index (χ4v) is 2.50. The van der Waals surface area contributed by atoms with E-state index in [0.717, 1.165) is 0 Å². The first-order valence-electron chi connectivity index (χ1n) is 5.82. The zero-order valence-electron chi connectivity index (χ0n) is 10.3. The standard InChI is InChI=1S/C14H14N2O2/c1-13(17)9-5-3-7-15-11(9)12-10(14(13,2)18)6-4-8-16-12/h3-8,17-18H,1-2H3. The van der Waals surface area contributed by atoms with Gasteiger partial charge in [0.25, 0.3) is 0 Å². The van der Waals surface area contributed by atoms with Gasteiger partial charge >= 0.3 is 0 Å². The van der Waals surface area contributed by atoms with E-state index in [0.29, 0.717) is 22.5 Å². The molecule has 0 bridgehead atoms. The van der Waals surface area contributed by atoms with E-state index in [1.54, 1.807) is 50.5 Å². The van der Waals surface area contributed by atoms with Gasteiger partial charge in [0.15, 0.2) is 0 Å². The fourth-order valence-electron chi connectivity index (χ4n) is 2.50. The topological polar surface area (TPSA) is 66.2 Å². The Morgan fingerprint density at radius 3 is 1.61 bits per heavy atom. The molecule has 0 saturated heterocycles. The Morgan fingerprint density at radius 2 is 1.22 bits per heavy atom. The lowest BCUT2D eigenvalue weighted by Gasteiger charge is -2.43. The zero-order chi connectivity index (χ0) is 13.0. The lowest BCUT2D eigenvalue weighted by atomic mass is 9.70. The first-order chi connectivity index (χ1) is 8.46. The van der Waals surface area contributed by atoms with Crippen LogP contribution in [0.3, 0.4) is 0 Å². The second-order valence-corrected chi connectivity index (χ2v) is 4.94. The van der Waals surface area contributed by atoms with Crippen molar-refractivity contribution in [3.05, 3.63) is 47.8 Å². The fraction of sp³-hybridized carbons (Fsp3) is 0.286. The lowest BCUT2D eigenvalue weighted by Crippen LogP contribution is -2.48. The van der Waals surface area contributed by atoms with Gasteiger partial charge in [0, 0.05) is 23.5 Å². The van der Waals surface area contributed by atoms with Crippen LogP contribution < -0.4 is 0 Å². The van der Waals surface area contributed by atoms with E-state index in [9.17, 15) is 10.2 Å². The van der Waals surface area contributed by atoms with E-state index < -0.39 is 11.2 Å². The molecule has 1 aliphatic rings. The maximum atomic E-state index is 10.7. The minimum absolute atomic E-state index is 0.598. The molecule has 4 heteroatoms. The molecule has 0 saturated carbocycles. The summed E-state index contributed by atoms with van der Waals surface area (Å²) in [6, 6.07) is 7.04. The Bertz CT molecular complexity index is 565. The first kappa shape index (κ1) is 11.3. The minimum Gasteiger partial charge on any atom is -0.382 e. The predicted octanol–water partition coefficient (Wildman–Crippen LogP) is 1.57. The maximum absolute atomic E-state index is 10.7. The van der Waals surface area contributed by atoms with Crippen molar-refractivity contribution in [1.29, 1.82) is 0 Å². The van der Waals surface area contributed by atoms with E-state index in [-0.39, 0.29) is 0 Å². The number of hydrogen-bond acceptors (Lipinski definition) is 4. The molecule has 0 spiro atoms. The molecule has 2 heterocycles. The smallest absolute Gasteiger partial charge is 0.122 e. The maximum Gasteiger partial charge on any atom is 0.122 e. The molecular formula is C14H14N2O2. The van der Waals surface area contributed by atoms with Crippen molar-refractivity contribution >= 4 is 0 Å². The highest BCUT2D eigenvalue weighted by Crippen LogP contribution is 2.49. The molecule has 0 fully saturated rings. The third-order valence-electron chi connectivity index (χ3n) is 3.84. The Hall–Kier alpha value is -1.78. The molecular weight excluding hydrogens is 228 g/mol. The monoisotopic (exact) mass is 242 g/mol. The number of nitrogens with zero attached hydrogens (tertiary/aromatic N) is 2. The van der Waals surface area contributed by atoms with Gasteiger partial charge < -0.3 is 10.2 Å². The molecule has 0 radical (unpaired) electrons. The highest BCUT2D eigenvalue weighted by atomic mass is 16.4. The first-order valence-corrected chi connectivity index (χ1v) is 5.82. The average molecular weight is 242 g/mol. The van der Waals surface area contributed by atoms with Crippen LogP contribution in [0.15, 0.2) is 36.7 Å². The molecule has 92 valence electrons. The van der Waals surface area contributed by atoms with E-state index in [1.165, 1.54) is 0 Å². The van der Waals surface area contributed by atoms with Gasteiger partial charge in [-0.25, -0.2) is 0 Å². The number of aliphatic hydroxyl groups is 2. The molecule has 4 nitrogen and oxygen atoms in total. The highest BCUT2D eigenvalue weighted by molar-refractivity contribution is 5.69. The highest BCUT2D eigenvalue weighted by Gasteiger charge is 2.51. The third-order valence-corrected chi connectivity index (χ3v) is 3.84. The van der Waals surface area contributed by atoms with Crippen LogP contribution in [0.4, 0.5) is 0 Å². The SMILES string of the molecule is CC1(O)c2cccnc2-c2ncccc2C1(C)O. The molecule has 2 aromatic rings. The Kier molecular flexibility index (Phi) is 2.12. The van der Waals surface area contributed by atoms with Crippen molar-refractivity contribution in [2.45, 2.75) is 25.0 Å². The van der Waals surface area contributed by atoms with Crippen molar-refractivity contribution in [1.82, 2.24) is 9.97 Å². The molecule has 0 amide bonds. The second kappa shape index (κ2) is 3.37. The quantitative estimate of drug-likeness (QED) is 0.736. The predicted molar refractivity (Wildman–Crippen MR) is 66.6 cm³/mol. The molecule has 0 aliphatic heterocycles. The average Bonchev–Trinajstić information content (AvgIpc) is 2.37. The summed E-state index contributed by atoms with van der Waals surface area (Å²) in [7, 11) is 0. The van der Waals surface area contributed by atoms with Gasteiger partial charge in [-0.15, -0.1) is 0 Å². The van der Waals surface area contributed by atoms with Gasteiger partial charge in [0.2, 0.25) is 0 Å². The summed E-state index contributed by atoms with van der Waals surface area (Å²) in [4.78, 5) is 8.58.